The van der Waals surface area contributed by atoms with E-state index in [2.05, 4.69) is 10.1 Å². The van der Waals surface area contributed by atoms with Gasteiger partial charge in [-0.3, -0.25) is 14.3 Å². The lowest BCUT2D eigenvalue weighted by Gasteiger charge is -2.15. The normalized spacial score (nSPS) is 14.1. The minimum Gasteiger partial charge on any atom is -0.339 e. The van der Waals surface area contributed by atoms with Crippen LogP contribution in [-0.2, 0) is 13.2 Å². The molecule has 0 saturated carbocycles. The summed E-state index contributed by atoms with van der Waals surface area (Å²) in [6.45, 7) is 1.54. The number of benzene rings is 2. The first-order valence-corrected chi connectivity index (χ1v) is 11.8. The van der Waals surface area contributed by atoms with Crippen LogP contribution in [0.5, 0.6) is 0 Å². The number of alkyl halides is 3. The predicted molar refractivity (Wildman–Crippen MR) is 134 cm³/mol. The monoisotopic (exact) mass is 504 g/mol. The third-order valence-electron chi connectivity index (χ3n) is 6.39. The van der Waals surface area contributed by atoms with Gasteiger partial charge in [-0.15, -0.1) is 0 Å². The van der Waals surface area contributed by atoms with Crippen LogP contribution < -0.4 is 0 Å². The first-order chi connectivity index (χ1) is 17.7. The van der Waals surface area contributed by atoms with Crippen LogP contribution in [0.4, 0.5) is 13.2 Å². The molecule has 0 N–H and O–H groups in total. The lowest BCUT2D eigenvalue weighted by atomic mass is 10.1. The number of hydrogen-bond acceptors (Lipinski definition) is 4. The van der Waals surface area contributed by atoms with Crippen LogP contribution in [0.3, 0.4) is 0 Å². The van der Waals surface area contributed by atoms with Gasteiger partial charge in [0.15, 0.2) is 5.78 Å². The van der Waals surface area contributed by atoms with Crippen LogP contribution in [0.25, 0.3) is 28.2 Å². The summed E-state index contributed by atoms with van der Waals surface area (Å²) in [5.74, 6) is -0.229. The molecule has 9 heteroatoms. The molecule has 4 aromatic rings. The molecule has 0 atom stereocenters. The second-order valence-electron chi connectivity index (χ2n) is 8.95. The minimum absolute atomic E-state index is 0.0144. The number of pyridine rings is 1. The summed E-state index contributed by atoms with van der Waals surface area (Å²) in [6, 6.07) is 16.3. The summed E-state index contributed by atoms with van der Waals surface area (Å²) in [5.41, 5.74) is 2.18. The molecular weight excluding hydrogens is 481 g/mol. The Balaban J connectivity index is 1.30. The molecule has 0 spiro atoms. The van der Waals surface area contributed by atoms with Crippen LogP contribution in [0.2, 0.25) is 0 Å². The third-order valence-corrected chi connectivity index (χ3v) is 6.39. The Labute approximate surface area is 211 Å². The molecule has 0 bridgehead atoms. The minimum atomic E-state index is -4.48. The van der Waals surface area contributed by atoms with E-state index in [4.69, 9.17) is 0 Å². The Morgan fingerprint density at radius 3 is 2.30 bits per heavy atom. The fourth-order valence-electron chi connectivity index (χ4n) is 4.40. The summed E-state index contributed by atoms with van der Waals surface area (Å²) >= 11 is 0. The number of carbonyl (C=O) groups excluding carboxylic acids is 2. The number of carbonyl (C=O) groups is 2. The maximum atomic E-state index is 13.1. The lowest BCUT2D eigenvalue weighted by Crippen LogP contribution is -2.27. The van der Waals surface area contributed by atoms with Gasteiger partial charge in [0, 0.05) is 42.2 Å². The van der Waals surface area contributed by atoms with Gasteiger partial charge < -0.3 is 4.90 Å². The van der Waals surface area contributed by atoms with E-state index in [0.29, 0.717) is 27.9 Å². The van der Waals surface area contributed by atoms with Crippen molar-refractivity contribution in [2.75, 3.05) is 13.1 Å². The first-order valence-electron chi connectivity index (χ1n) is 11.8. The van der Waals surface area contributed by atoms with Crippen molar-refractivity contribution in [3.63, 3.8) is 0 Å². The Kier molecular flexibility index (Phi) is 6.37. The van der Waals surface area contributed by atoms with E-state index >= 15 is 0 Å². The van der Waals surface area contributed by atoms with Crippen LogP contribution in [0.1, 0.15) is 44.9 Å². The van der Waals surface area contributed by atoms with Gasteiger partial charge in [0.1, 0.15) is 5.69 Å². The predicted octanol–water partition coefficient (Wildman–Crippen LogP) is 5.79. The van der Waals surface area contributed by atoms with E-state index < -0.39 is 11.9 Å². The summed E-state index contributed by atoms with van der Waals surface area (Å²) in [4.78, 5) is 31.4. The molecule has 6 nitrogen and oxygen atoms in total. The zero-order valence-electron chi connectivity index (χ0n) is 20.0. The molecule has 1 aliphatic rings. The number of halogens is 3. The van der Waals surface area contributed by atoms with Crippen molar-refractivity contribution in [3.8, 4) is 11.3 Å². The molecule has 0 unspecified atom stereocenters. The van der Waals surface area contributed by atoms with Crippen molar-refractivity contribution in [2.45, 2.75) is 19.0 Å². The second-order valence-corrected chi connectivity index (χ2v) is 8.95. The standard InChI is InChI=1S/C28H23F3N4O2/c1-34-26(28(29,30)31)17-24(33-34)21-9-12-23-20(16-21)8-10-22(32-23)11-13-25(36)18-4-6-19(7-5-18)27(37)35-14-2-3-15-35/h4-13,16-17H,2-3,14-15H2,1H3/b13-11+. The number of likely N-dealkylation sites (tertiary alicyclic amines) is 1. The number of ketones is 1. The number of amides is 1. The highest BCUT2D eigenvalue weighted by Crippen LogP contribution is 2.32. The molecule has 2 aromatic carbocycles. The molecule has 2 aromatic heterocycles. The topological polar surface area (TPSA) is 68.1 Å². The molecule has 37 heavy (non-hydrogen) atoms. The van der Waals surface area contributed by atoms with Crippen molar-refractivity contribution in [2.24, 2.45) is 7.05 Å². The van der Waals surface area contributed by atoms with E-state index in [-0.39, 0.29) is 17.4 Å². The van der Waals surface area contributed by atoms with Crippen molar-refractivity contribution in [1.82, 2.24) is 19.7 Å². The smallest absolute Gasteiger partial charge is 0.339 e. The molecule has 1 aliphatic heterocycles. The molecule has 0 radical (unpaired) electrons. The summed E-state index contributed by atoms with van der Waals surface area (Å²) in [7, 11) is 1.26. The highest BCUT2D eigenvalue weighted by molar-refractivity contribution is 6.07. The highest BCUT2D eigenvalue weighted by atomic mass is 19.4. The Morgan fingerprint density at radius 2 is 1.62 bits per heavy atom. The van der Waals surface area contributed by atoms with E-state index in [1.165, 1.54) is 13.1 Å². The Bertz CT molecular complexity index is 1510. The number of nitrogens with zero attached hydrogens (tertiary/aromatic N) is 4. The largest absolute Gasteiger partial charge is 0.433 e. The van der Waals surface area contributed by atoms with Crippen molar-refractivity contribution in [3.05, 3.63) is 89.3 Å². The average Bonchev–Trinajstić information content (AvgIpc) is 3.56. The van der Waals surface area contributed by atoms with Crippen LogP contribution in [-0.4, -0.2) is 44.4 Å². The van der Waals surface area contributed by atoms with E-state index in [1.807, 2.05) is 4.90 Å². The molecular formula is C28H23F3N4O2. The fourth-order valence-corrected chi connectivity index (χ4v) is 4.40. The number of aromatic nitrogens is 3. The van der Waals surface area contributed by atoms with E-state index in [1.54, 1.807) is 60.7 Å². The average molecular weight is 505 g/mol. The van der Waals surface area contributed by atoms with Crippen molar-refractivity contribution in [1.29, 1.82) is 0 Å². The maximum absolute atomic E-state index is 13.1. The number of allylic oxidation sites excluding steroid dienone is 1. The molecule has 5 rings (SSSR count). The molecule has 188 valence electrons. The Morgan fingerprint density at radius 1 is 0.919 bits per heavy atom. The molecule has 0 aliphatic carbocycles. The highest BCUT2D eigenvalue weighted by Gasteiger charge is 2.35. The van der Waals surface area contributed by atoms with Crippen molar-refractivity contribution < 1.29 is 22.8 Å². The number of hydrogen-bond donors (Lipinski definition) is 0. The van der Waals surface area contributed by atoms with Crippen LogP contribution in [0.15, 0.2) is 66.7 Å². The summed E-state index contributed by atoms with van der Waals surface area (Å²) < 4.78 is 40.1. The van der Waals surface area contributed by atoms with Gasteiger partial charge in [0.2, 0.25) is 0 Å². The summed E-state index contributed by atoms with van der Waals surface area (Å²) in [5, 5.41) is 4.73. The van der Waals surface area contributed by atoms with Gasteiger partial charge in [-0.1, -0.05) is 24.3 Å². The van der Waals surface area contributed by atoms with Gasteiger partial charge in [-0.2, -0.15) is 18.3 Å². The van der Waals surface area contributed by atoms with Gasteiger partial charge in [0.25, 0.3) is 5.91 Å². The number of fused-ring (bicyclic) bond motifs is 1. The SMILES string of the molecule is Cn1nc(-c2ccc3nc(/C=C/C(=O)c4ccc(C(=O)N5CCCC5)cc4)ccc3c2)cc1C(F)(F)F. The third kappa shape index (κ3) is 5.16. The van der Waals surface area contributed by atoms with Gasteiger partial charge in [0.05, 0.1) is 16.9 Å². The zero-order valence-corrected chi connectivity index (χ0v) is 20.0. The van der Waals surface area contributed by atoms with E-state index in [0.717, 1.165) is 42.1 Å². The zero-order chi connectivity index (χ0) is 26.2. The first kappa shape index (κ1) is 24.4. The van der Waals surface area contributed by atoms with Gasteiger partial charge in [-0.25, -0.2) is 4.98 Å². The fraction of sp³-hybridized carbons (Fsp3) is 0.214. The van der Waals surface area contributed by atoms with Crippen LogP contribution >= 0.6 is 0 Å². The molecule has 1 fully saturated rings. The van der Waals surface area contributed by atoms with Gasteiger partial charge >= 0.3 is 6.18 Å². The van der Waals surface area contributed by atoms with E-state index in [9.17, 15) is 22.8 Å². The number of aryl methyl sites for hydroxylation is 1. The van der Waals surface area contributed by atoms with Crippen LogP contribution in [0, 0.1) is 0 Å². The maximum Gasteiger partial charge on any atom is 0.433 e. The lowest BCUT2D eigenvalue weighted by molar-refractivity contribution is -0.143. The molecule has 3 heterocycles. The molecule has 1 amide bonds. The van der Waals surface area contributed by atoms with Crippen molar-refractivity contribution >= 4 is 28.7 Å². The Hall–Kier alpha value is -4.27. The number of rotatable bonds is 5. The molecule has 1 saturated heterocycles. The quantitative estimate of drug-likeness (QED) is 0.255. The second kappa shape index (κ2) is 9.65. The summed E-state index contributed by atoms with van der Waals surface area (Å²) in [6.07, 6.45) is 0.581. The van der Waals surface area contributed by atoms with Gasteiger partial charge in [-0.05, 0) is 61.4 Å².